The second-order valence-corrected chi connectivity index (χ2v) is 3.31. The normalized spacial score (nSPS) is 41.3. The fourth-order valence-corrected chi connectivity index (χ4v) is 1.33. The van der Waals surface area contributed by atoms with Crippen LogP contribution in [0.5, 0.6) is 0 Å². The van der Waals surface area contributed by atoms with Gasteiger partial charge in [-0.2, -0.15) is 0 Å². The van der Waals surface area contributed by atoms with Crippen molar-refractivity contribution in [2.24, 2.45) is 0 Å². The zero-order chi connectivity index (χ0) is 11.6. The summed E-state index contributed by atoms with van der Waals surface area (Å²) in [5.41, 5.74) is 0. The van der Waals surface area contributed by atoms with E-state index in [-0.39, 0.29) is 0 Å². The Kier molecular flexibility index (Phi) is 4.00. The molecule has 0 aromatic rings. The molecule has 1 aliphatic rings. The Morgan fingerprint density at radius 1 is 1.27 bits per heavy atom. The molecule has 0 saturated carbocycles. The zero-order valence-corrected chi connectivity index (χ0v) is 8.11. The molecule has 0 aromatic carbocycles. The van der Waals surface area contributed by atoms with Crippen molar-refractivity contribution in [1.29, 1.82) is 0 Å². The van der Waals surface area contributed by atoms with Gasteiger partial charge in [0.25, 0.3) is 0 Å². The van der Waals surface area contributed by atoms with Crippen molar-refractivity contribution in [3.8, 4) is 0 Å². The summed E-state index contributed by atoms with van der Waals surface area (Å²) >= 11 is 0. The number of aliphatic hydroxyl groups excluding tert-OH is 4. The van der Waals surface area contributed by atoms with Crippen LogP contribution in [0.3, 0.4) is 0 Å². The summed E-state index contributed by atoms with van der Waals surface area (Å²) in [6.07, 6.45) is -6.95. The van der Waals surface area contributed by atoms with Crippen molar-refractivity contribution in [3.05, 3.63) is 0 Å². The maximum atomic E-state index is 10.6. The molecule has 1 unspecified atom stereocenters. The molecule has 7 nitrogen and oxygen atoms in total. The molecule has 0 amide bonds. The summed E-state index contributed by atoms with van der Waals surface area (Å²) < 4.78 is 9.45. The van der Waals surface area contributed by atoms with Crippen molar-refractivity contribution in [1.82, 2.24) is 0 Å². The molecule has 0 aliphatic carbocycles. The number of carbonyl (C=O) groups excluding carboxylic acids is 1. The number of hydrogen-bond donors (Lipinski definition) is 4. The molecule has 15 heavy (non-hydrogen) atoms. The van der Waals surface area contributed by atoms with Crippen LogP contribution in [0.15, 0.2) is 0 Å². The molecule has 0 spiro atoms. The molecule has 7 heteroatoms. The Morgan fingerprint density at radius 2 is 1.87 bits per heavy atom. The smallest absolute Gasteiger partial charge is 0.305 e. The van der Waals surface area contributed by atoms with Crippen LogP contribution >= 0.6 is 0 Å². The molecular formula is C8H14O7. The lowest BCUT2D eigenvalue weighted by Gasteiger charge is -2.38. The second kappa shape index (κ2) is 4.86. The van der Waals surface area contributed by atoms with Crippen molar-refractivity contribution in [2.45, 2.75) is 37.6 Å². The Balaban J connectivity index is 2.69. The molecular weight excluding hydrogens is 208 g/mol. The zero-order valence-electron chi connectivity index (χ0n) is 8.11. The molecule has 0 bridgehead atoms. The summed E-state index contributed by atoms with van der Waals surface area (Å²) in [6, 6.07) is 0. The van der Waals surface area contributed by atoms with Gasteiger partial charge in [0.1, 0.15) is 24.4 Å². The number of ether oxygens (including phenoxy) is 2. The van der Waals surface area contributed by atoms with Crippen molar-refractivity contribution in [2.75, 3.05) is 6.61 Å². The highest BCUT2D eigenvalue weighted by molar-refractivity contribution is 5.66. The summed E-state index contributed by atoms with van der Waals surface area (Å²) in [6.45, 7) is 0.560. The molecule has 88 valence electrons. The van der Waals surface area contributed by atoms with Gasteiger partial charge in [-0.1, -0.05) is 0 Å². The lowest BCUT2D eigenvalue weighted by molar-refractivity contribution is -0.292. The van der Waals surface area contributed by atoms with Gasteiger partial charge in [0, 0.05) is 6.92 Å². The Labute approximate surface area is 85.9 Å². The van der Waals surface area contributed by atoms with E-state index >= 15 is 0 Å². The highest BCUT2D eigenvalue weighted by Gasteiger charge is 2.44. The van der Waals surface area contributed by atoms with E-state index in [1.807, 2.05) is 0 Å². The average Bonchev–Trinajstić information content (AvgIpc) is 2.18. The van der Waals surface area contributed by atoms with Crippen LogP contribution in [0, 0.1) is 0 Å². The molecule has 0 radical (unpaired) electrons. The number of aliphatic hydroxyl groups is 4. The lowest BCUT2D eigenvalue weighted by Crippen LogP contribution is -2.59. The summed E-state index contributed by atoms with van der Waals surface area (Å²) in [4.78, 5) is 10.6. The van der Waals surface area contributed by atoms with Crippen LogP contribution in [0.1, 0.15) is 6.92 Å². The highest BCUT2D eigenvalue weighted by Crippen LogP contribution is 2.21. The fraction of sp³-hybridized carbons (Fsp3) is 0.875. The van der Waals surface area contributed by atoms with E-state index in [0.717, 1.165) is 6.92 Å². The van der Waals surface area contributed by atoms with Crippen molar-refractivity contribution >= 4 is 5.97 Å². The van der Waals surface area contributed by atoms with Crippen LogP contribution in [-0.2, 0) is 14.3 Å². The average molecular weight is 222 g/mol. The third-order valence-corrected chi connectivity index (χ3v) is 2.13. The van der Waals surface area contributed by atoms with Crippen LogP contribution in [0.4, 0.5) is 0 Å². The first-order valence-corrected chi connectivity index (χ1v) is 4.45. The maximum Gasteiger partial charge on any atom is 0.305 e. The van der Waals surface area contributed by atoms with Gasteiger partial charge in [0.2, 0.25) is 6.29 Å². The van der Waals surface area contributed by atoms with Gasteiger partial charge in [-0.05, 0) is 0 Å². The molecule has 1 heterocycles. The predicted octanol–water partition coefficient (Wildman–Crippen LogP) is -2.65. The number of carbonyl (C=O) groups is 1. The molecule has 1 saturated heterocycles. The number of esters is 1. The molecule has 1 rings (SSSR count). The highest BCUT2D eigenvalue weighted by atomic mass is 16.7. The quantitative estimate of drug-likeness (QED) is 0.377. The van der Waals surface area contributed by atoms with E-state index in [2.05, 4.69) is 4.74 Å². The van der Waals surface area contributed by atoms with E-state index < -0.39 is 43.3 Å². The van der Waals surface area contributed by atoms with Crippen LogP contribution in [0.2, 0.25) is 0 Å². The van der Waals surface area contributed by atoms with Crippen molar-refractivity contribution < 1.29 is 34.7 Å². The van der Waals surface area contributed by atoms with Gasteiger partial charge >= 0.3 is 5.97 Å². The van der Waals surface area contributed by atoms with E-state index in [0.29, 0.717) is 0 Å². The fourth-order valence-electron chi connectivity index (χ4n) is 1.33. The van der Waals surface area contributed by atoms with Gasteiger partial charge in [-0.3, -0.25) is 4.79 Å². The molecule has 1 fully saturated rings. The van der Waals surface area contributed by atoms with E-state index in [1.54, 1.807) is 0 Å². The first kappa shape index (κ1) is 12.3. The van der Waals surface area contributed by atoms with Crippen molar-refractivity contribution in [3.63, 3.8) is 0 Å². The Morgan fingerprint density at radius 3 is 2.33 bits per heavy atom. The number of rotatable bonds is 2. The summed E-state index contributed by atoms with van der Waals surface area (Å²) in [5, 5.41) is 36.8. The lowest BCUT2D eigenvalue weighted by atomic mass is 9.99. The summed E-state index contributed by atoms with van der Waals surface area (Å²) in [7, 11) is 0. The van der Waals surface area contributed by atoms with Crippen LogP contribution in [0.25, 0.3) is 0 Å². The van der Waals surface area contributed by atoms with Gasteiger partial charge in [-0.15, -0.1) is 0 Å². The van der Waals surface area contributed by atoms with Gasteiger partial charge in [0.15, 0.2) is 0 Å². The minimum absolute atomic E-state index is 0.553. The molecule has 0 aromatic heterocycles. The number of hydrogen-bond acceptors (Lipinski definition) is 7. The monoisotopic (exact) mass is 222 g/mol. The van der Waals surface area contributed by atoms with Crippen LogP contribution < -0.4 is 0 Å². The minimum Gasteiger partial charge on any atom is -0.433 e. The minimum atomic E-state index is -1.54. The van der Waals surface area contributed by atoms with Gasteiger partial charge < -0.3 is 29.9 Å². The SMILES string of the molecule is CC(=O)OC1O[C@@H](CO)[C@@H](O)[C@H](O)[C@@H]1O. The molecule has 5 atom stereocenters. The van der Waals surface area contributed by atoms with E-state index in [9.17, 15) is 20.1 Å². The topological polar surface area (TPSA) is 116 Å². The Bertz CT molecular complexity index is 229. The first-order chi connectivity index (χ1) is 6.97. The van der Waals surface area contributed by atoms with Gasteiger partial charge in [0.05, 0.1) is 6.61 Å². The predicted molar refractivity (Wildman–Crippen MR) is 45.5 cm³/mol. The summed E-state index contributed by atoms with van der Waals surface area (Å²) in [5.74, 6) is -0.695. The first-order valence-electron chi connectivity index (χ1n) is 4.45. The van der Waals surface area contributed by atoms with E-state index in [4.69, 9.17) is 9.84 Å². The third-order valence-electron chi connectivity index (χ3n) is 2.13. The molecule has 4 N–H and O–H groups in total. The van der Waals surface area contributed by atoms with E-state index in [1.165, 1.54) is 0 Å². The van der Waals surface area contributed by atoms with Crippen LogP contribution in [-0.4, -0.2) is 63.7 Å². The maximum absolute atomic E-state index is 10.6. The Hall–Kier alpha value is -0.730. The third kappa shape index (κ3) is 2.64. The van der Waals surface area contributed by atoms with Gasteiger partial charge in [-0.25, -0.2) is 0 Å². The second-order valence-electron chi connectivity index (χ2n) is 3.31. The largest absolute Gasteiger partial charge is 0.433 e. The standard InChI is InChI=1S/C8H14O7/c1-3(10)14-8-7(13)6(12)5(11)4(2-9)15-8/h4-9,11-13H,2H2,1H3/t4-,5+,6-,7-,8?/m0/s1. The molecule has 1 aliphatic heterocycles.